The van der Waals surface area contributed by atoms with Crippen molar-refractivity contribution >= 4 is 10.0 Å². The molecule has 1 aliphatic heterocycles. The van der Waals surface area contributed by atoms with Crippen LogP contribution in [0.25, 0.3) is 0 Å². The van der Waals surface area contributed by atoms with E-state index >= 15 is 0 Å². The van der Waals surface area contributed by atoms with Crippen LogP contribution in [-0.2, 0) is 10.0 Å². The van der Waals surface area contributed by atoms with Gasteiger partial charge in [0.1, 0.15) is 0 Å². The maximum atomic E-state index is 11.8. The number of hydrogen-bond donors (Lipinski definition) is 1. The number of hydrogen-bond acceptors (Lipinski definition) is 3. The minimum absolute atomic E-state index is 0.302. The van der Waals surface area contributed by atoms with Gasteiger partial charge in [-0.1, -0.05) is 13.3 Å². The molecule has 2 N–H and O–H groups in total. The van der Waals surface area contributed by atoms with E-state index in [1.807, 2.05) is 6.92 Å². The van der Waals surface area contributed by atoms with Crippen molar-refractivity contribution < 1.29 is 8.42 Å². The van der Waals surface area contributed by atoms with Gasteiger partial charge < -0.3 is 5.73 Å². The fourth-order valence-corrected chi connectivity index (χ4v) is 3.56. The summed E-state index contributed by atoms with van der Waals surface area (Å²) in [5.41, 5.74) is 5.57. The molecule has 0 aromatic carbocycles. The first kappa shape index (κ1) is 12.9. The lowest BCUT2D eigenvalue weighted by atomic mass is 9.99. The van der Waals surface area contributed by atoms with Crippen molar-refractivity contribution in [2.24, 2.45) is 11.7 Å². The van der Waals surface area contributed by atoms with Crippen molar-refractivity contribution in [2.75, 3.05) is 25.4 Å². The second kappa shape index (κ2) is 5.82. The van der Waals surface area contributed by atoms with Crippen LogP contribution in [0, 0.1) is 5.92 Å². The smallest absolute Gasteiger partial charge is 0.214 e. The third-order valence-corrected chi connectivity index (χ3v) is 5.01. The van der Waals surface area contributed by atoms with Gasteiger partial charge in [0.15, 0.2) is 0 Å². The Bertz CT molecular complexity index is 269. The van der Waals surface area contributed by atoms with Crippen LogP contribution in [0.1, 0.15) is 32.6 Å². The molecule has 0 spiro atoms. The zero-order valence-electron chi connectivity index (χ0n) is 9.48. The molecule has 1 saturated heterocycles. The van der Waals surface area contributed by atoms with Crippen molar-refractivity contribution in [3.05, 3.63) is 0 Å². The number of nitrogens with two attached hydrogens (primary N) is 1. The van der Waals surface area contributed by atoms with Gasteiger partial charge in [-0.05, 0) is 31.7 Å². The molecule has 4 nitrogen and oxygen atoms in total. The van der Waals surface area contributed by atoms with E-state index < -0.39 is 10.0 Å². The van der Waals surface area contributed by atoms with Gasteiger partial charge in [-0.15, -0.1) is 0 Å². The van der Waals surface area contributed by atoms with E-state index in [1.165, 1.54) is 0 Å². The van der Waals surface area contributed by atoms with Crippen LogP contribution < -0.4 is 5.73 Å². The molecule has 1 heterocycles. The Morgan fingerprint density at radius 3 is 2.40 bits per heavy atom. The van der Waals surface area contributed by atoms with Crippen LogP contribution in [-0.4, -0.2) is 38.1 Å². The lowest BCUT2D eigenvalue weighted by Crippen LogP contribution is -2.41. The lowest BCUT2D eigenvalue weighted by Gasteiger charge is -2.30. The average Bonchev–Trinajstić information content (AvgIpc) is 2.26. The average molecular weight is 234 g/mol. The van der Waals surface area contributed by atoms with E-state index in [0.29, 0.717) is 31.3 Å². The van der Waals surface area contributed by atoms with Gasteiger partial charge >= 0.3 is 0 Å². The molecule has 15 heavy (non-hydrogen) atoms. The Morgan fingerprint density at radius 2 is 1.93 bits per heavy atom. The summed E-state index contributed by atoms with van der Waals surface area (Å²) in [7, 11) is -2.98. The second-order valence-electron chi connectivity index (χ2n) is 4.25. The minimum atomic E-state index is -2.98. The van der Waals surface area contributed by atoms with Crippen molar-refractivity contribution in [1.29, 1.82) is 0 Å². The molecule has 1 aliphatic rings. The molecule has 0 aliphatic carbocycles. The van der Waals surface area contributed by atoms with Gasteiger partial charge in [-0.25, -0.2) is 12.7 Å². The Morgan fingerprint density at radius 1 is 1.33 bits per heavy atom. The molecule has 1 fully saturated rings. The maximum absolute atomic E-state index is 11.8. The molecular weight excluding hydrogens is 212 g/mol. The monoisotopic (exact) mass is 234 g/mol. The highest BCUT2D eigenvalue weighted by molar-refractivity contribution is 7.89. The molecule has 90 valence electrons. The summed E-state index contributed by atoms with van der Waals surface area (Å²) in [4.78, 5) is 0. The summed E-state index contributed by atoms with van der Waals surface area (Å²) in [5.74, 6) is 0.819. The number of unbranched alkanes of at least 4 members (excludes halogenated alkanes) is 1. The number of rotatable bonds is 5. The van der Waals surface area contributed by atoms with E-state index in [2.05, 4.69) is 0 Å². The second-order valence-corrected chi connectivity index (χ2v) is 6.34. The molecule has 0 bridgehead atoms. The maximum Gasteiger partial charge on any atom is 0.214 e. The van der Waals surface area contributed by atoms with Gasteiger partial charge in [0, 0.05) is 13.1 Å². The molecule has 1 rings (SSSR count). The van der Waals surface area contributed by atoms with E-state index in [9.17, 15) is 8.42 Å². The van der Waals surface area contributed by atoms with Crippen LogP contribution >= 0.6 is 0 Å². The minimum Gasteiger partial charge on any atom is -0.330 e. The lowest BCUT2D eigenvalue weighted by molar-refractivity contribution is 0.278. The topological polar surface area (TPSA) is 63.4 Å². The highest BCUT2D eigenvalue weighted by atomic mass is 32.2. The van der Waals surface area contributed by atoms with E-state index in [-0.39, 0.29) is 0 Å². The van der Waals surface area contributed by atoms with Crippen LogP contribution in [0.3, 0.4) is 0 Å². The highest BCUT2D eigenvalue weighted by Crippen LogP contribution is 2.19. The number of sulfonamides is 1. The summed E-state index contributed by atoms with van der Waals surface area (Å²) in [6.45, 7) is 4.01. The predicted octanol–water partition coefficient (Wildman–Crippen LogP) is 0.787. The molecule has 0 radical (unpaired) electrons. The standard InChI is InChI=1S/C10H22N2O2S/c1-2-3-8-15(13,14)12-6-4-10(9-11)5-7-12/h10H,2-9,11H2,1H3. The van der Waals surface area contributed by atoms with Gasteiger partial charge in [-0.3, -0.25) is 0 Å². The fraction of sp³-hybridized carbons (Fsp3) is 1.00. The third-order valence-electron chi connectivity index (χ3n) is 3.06. The molecule has 0 aromatic heterocycles. The van der Waals surface area contributed by atoms with E-state index in [4.69, 9.17) is 5.73 Å². The van der Waals surface area contributed by atoms with Gasteiger partial charge in [0.25, 0.3) is 0 Å². The quantitative estimate of drug-likeness (QED) is 0.765. The van der Waals surface area contributed by atoms with Crippen LogP contribution in [0.15, 0.2) is 0 Å². The first-order chi connectivity index (χ1) is 7.10. The Balaban J connectivity index is 2.45. The van der Waals surface area contributed by atoms with Crippen LogP contribution in [0.5, 0.6) is 0 Å². The number of nitrogens with zero attached hydrogens (tertiary/aromatic N) is 1. The van der Waals surface area contributed by atoms with E-state index in [1.54, 1.807) is 4.31 Å². The molecule has 0 saturated carbocycles. The first-order valence-electron chi connectivity index (χ1n) is 5.78. The zero-order chi connectivity index (χ0) is 11.3. The first-order valence-corrected chi connectivity index (χ1v) is 7.39. The Labute approximate surface area is 92.9 Å². The predicted molar refractivity (Wildman–Crippen MR) is 62.0 cm³/mol. The molecule has 0 atom stereocenters. The summed E-state index contributed by atoms with van der Waals surface area (Å²) in [6, 6.07) is 0. The molecule has 0 amide bonds. The van der Waals surface area contributed by atoms with Crippen molar-refractivity contribution in [3.63, 3.8) is 0 Å². The van der Waals surface area contributed by atoms with Crippen LogP contribution in [0.4, 0.5) is 0 Å². The molecule has 5 heteroatoms. The largest absolute Gasteiger partial charge is 0.330 e. The van der Waals surface area contributed by atoms with Crippen molar-refractivity contribution in [2.45, 2.75) is 32.6 Å². The number of piperidine rings is 1. The normalized spacial score (nSPS) is 20.7. The summed E-state index contributed by atoms with van der Waals surface area (Å²) in [6.07, 6.45) is 3.53. The fourth-order valence-electron chi connectivity index (χ4n) is 1.88. The summed E-state index contributed by atoms with van der Waals surface area (Å²) >= 11 is 0. The third kappa shape index (κ3) is 3.74. The summed E-state index contributed by atoms with van der Waals surface area (Å²) in [5, 5.41) is 0. The molecular formula is C10H22N2O2S. The van der Waals surface area contributed by atoms with Crippen molar-refractivity contribution in [1.82, 2.24) is 4.31 Å². The van der Waals surface area contributed by atoms with Crippen LogP contribution in [0.2, 0.25) is 0 Å². The van der Waals surface area contributed by atoms with E-state index in [0.717, 1.165) is 25.7 Å². The molecule has 0 unspecified atom stereocenters. The highest BCUT2D eigenvalue weighted by Gasteiger charge is 2.26. The Kier molecular flexibility index (Phi) is 5.02. The molecule has 0 aromatic rings. The SMILES string of the molecule is CCCCS(=O)(=O)N1CCC(CN)CC1. The Hall–Kier alpha value is -0.130. The zero-order valence-corrected chi connectivity index (χ0v) is 10.3. The summed E-state index contributed by atoms with van der Waals surface area (Å²) < 4.78 is 25.3. The van der Waals surface area contributed by atoms with Crippen molar-refractivity contribution in [3.8, 4) is 0 Å². The van der Waals surface area contributed by atoms with Gasteiger partial charge in [0.2, 0.25) is 10.0 Å². The van der Waals surface area contributed by atoms with Gasteiger partial charge in [-0.2, -0.15) is 0 Å². The van der Waals surface area contributed by atoms with Gasteiger partial charge in [0.05, 0.1) is 5.75 Å².